The summed E-state index contributed by atoms with van der Waals surface area (Å²) in [6.45, 7) is 7.70. The molecule has 0 aliphatic heterocycles. The highest BCUT2D eigenvalue weighted by Crippen LogP contribution is 2.28. The molecule has 0 bridgehead atoms. The minimum Gasteiger partial charge on any atom is -0.492 e. The van der Waals surface area contributed by atoms with Gasteiger partial charge in [0.1, 0.15) is 10.6 Å². The summed E-state index contributed by atoms with van der Waals surface area (Å²) < 4.78 is 28.6. The van der Waals surface area contributed by atoms with E-state index in [0.717, 1.165) is 24.0 Å². The van der Waals surface area contributed by atoms with Gasteiger partial charge in [-0.25, -0.2) is 13.6 Å². The van der Waals surface area contributed by atoms with E-state index in [9.17, 15) is 8.42 Å². The van der Waals surface area contributed by atoms with Gasteiger partial charge in [-0.3, -0.25) is 0 Å². The number of hydrogen-bond acceptors (Lipinski definition) is 3. The van der Waals surface area contributed by atoms with Gasteiger partial charge in [-0.2, -0.15) is 0 Å². The predicted molar refractivity (Wildman–Crippen MR) is 72.2 cm³/mol. The lowest BCUT2D eigenvalue weighted by atomic mass is 10.1. The predicted octanol–water partition coefficient (Wildman–Crippen LogP) is 2.30. The monoisotopic (exact) mass is 269 g/mol. The first-order chi connectivity index (χ1) is 8.36. The summed E-state index contributed by atoms with van der Waals surface area (Å²) in [4.78, 5) is 0.0543. The normalized spacial score (nSPS) is 11.3. The number of ether oxygens (including phenoxy) is 1. The number of nitrogens with two attached hydrogens (primary N) is 1. The molecule has 0 radical (unpaired) electrons. The number of sulfonamides is 1. The fourth-order valence-corrected chi connectivity index (χ4v) is 2.54. The van der Waals surface area contributed by atoms with Gasteiger partial charge in [0.25, 0.3) is 0 Å². The van der Waals surface area contributed by atoms with Crippen LogP contribution in [0.2, 0.25) is 0 Å². The molecule has 0 unspecified atom stereocenters. The Morgan fingerprint density at radius 2 is 2.06 bits per heavy atom. The average Bonchev–Trinajstić information content (AvgIpc) is 2.24. The van der Waals surface area contributed by atoms with Crippen molar-refractivity contribution in [3.8, 4) is 5.75 Å². The smallest absolute Gasteiger partial charge is 0.241 e. The van der Waals surface area contributed by atoms with E-state index < -0.39 is 10.0 Å². The highest BCUT2D eigenvalue weighted by molar-refractivity contribution is 7.89. The molecule has 4 nitrogen and oxygen atoms in total. The lowest BCUT2D eigenvalue weighted by Crippen LogP contribution is -2.15. The van der Waals surface area contributed by atoms with Gasteiger partial charge < -0.3 is 4.74 Å². The molecular weight excluding hydrogens is 250 g/mol. The van der Waals surface area contributed by atoms with E-state index in [0.29, 0.717) is 12.4 Å². The highest BCUT2D eigenvalue weighted by atomic mass is 32.2. The molecule has 2 N–H and O–H groups in total. The number of hydrogen-bond donors (Lipinski definition) is 1. The Balaban J connectivity index is 3.05. The first-order valence-electron chi connectivity index (χ1n) is 5.74. The molecule has 1 rings (SSSR count). The van der Waals surface area contributed by atoms with Crippen LogP contribution < -0.4 is 9.88 Å². The summed E-state index contributed by atoms with van der Waals surface area (Å²) in [5, 5.41) is 5.20. The summed E-state index contributed by atoms with van der Waals surface area (Å²) >= 11 is 0. The van der Waals surface area contributed by atoms with Crippen molar-refractivity contribution in [3.63, 3.8) is 0 Å². The van der Waals surface area contributed by atoms with Gasteiger partial charge in [-0.15, -0.1) is 6.58 Å². The molecule has 1 aromatic carbocycles. The zero-order valence-corrected chi connectivity index (χ0v) is 11.6. The van der Waals surface area contributed by atoms with Crippen LogP contribution in [0.4, 0.5) is 0 Å². The minimum absolute atomic E-state index is 0.0543. The molecule has 18 heavy (non-hydrogen) atoms. The van der Waals surface area contributed by atoms with Gasteiger partial charge in [-0.1, -0.05) is 12.1 Å². The molecule has 0 aliphatic rings. The number of rotatable bonds is 6. The summed E-state index contributed by atoms with van der Waals surface area (Å²) in [7, 11) is -3.77. The molecule has 0 heterocycles. The lowest BCUT2D eigenvalue weighted by molar-refractivity contribution is 0.302. The summed E-state index contributed by atoms with van der Waals surface area (Å²) in [6, 6.07) is 3.41. The lowest BCUT2D eigenvalue weighted by Gasteiger charge is -2.13. The van der Waals surface area contributed by atoms with Crippen molar-refractivity contribution >= 4 is 10.0 Å². The minimum atomic E-state index is -3.77. The third-order valence-corrected chi connectivity index (χ3v) is 3.41. The molecule has 0 aliphatic carbocycles. The zero-order valence-electron chi connectivity index (χ0n) is 10.8. The maximum Gasteiger partial charge on any atom is 0.241 e. The van der Waals surface area contributed by atoms with E-state index in [1.54, 1.807) is 6.08 Å². The molecular formula is C13H19NO3S. The Morgan fingerprint density at radius 3 is 2.61 bits per heavy atom. The molecule has 100 valence electrons. The van der Waals surface area contributed by atoms with E-state index in [2.05, 4.69) is 6.58 Å². The van der Waals surface area contributed by atoms with Crippen LogP contribution in [0.25, 0.3) is 0 Å². The number of primary sulfonamides is 1. The van der Waals surface area contributed by atoms with Gasteiger partial charge in [-0.05, 0) is 43.9 Å². The third kappa shape index (κ3) is 3.85. The van der Waals surface area contributed by atoms with Gasteiger partial charge in [0.2, 0.25) is 10.0 Å². The van der Waals surface area contributed by atoms with E-state index in [4.69, 9.17) is 9.88 Å². The molecule has 0 fully saturated rings. The van der Waals surface area contributed by atoms with Crippen LogP contribution in [-0.4, -0.2) is 15.0 Å². The van der Waals surface area contributed by atoms with Gasteiger partial charge >= 0.3 is 0 Å². The van der Waals surface area contributed by atoms with Crippen molar-refractivity contribution in [1.82, 2.24) is 0 Å². The third-order valence-electron chi connectivity index (χ3n) is 2.49. The largest absolute Gasteiger partial charge is 0.492 e. The number of allylic oxidation sites excluding steroid dienone is 1. The number of aryl methyl sites for hydroxylation is 2. The Kier molecular flexibility index (Phi) is 4.93. The van der Waals surface area contributed by atoms with E-state index in [-0.39, 0.29) is 4.90 Å². The van der Waals surface area contributed by atoms with Crippen LogP contribution in [0.3, 0.4) is 0 Å². The van der Waals surface area contributed by atoms with Gasteiger partial charge in [0, 0.05) is 0 Å². The quantitative estimate of drug-likeness (QED) is 0.636. The molecule has 0 saturated heterocycles. The van der Waals surface area contributed by atoms with Crippen molar-refractivity contribution < 1.29 is 13.2 Å². The fourth-order valence-electron chi connectivity index (χ4n) is 1.71. The molecule has 5 heteroatoms. The van der Waals surface area contributed by atoms with Crippen LogP contribution in [0.1, 0.15) is 24.0 Å². The van der Waals surface area contributed by atoms with E-state index >= 15 is 0 Å². The fraction of sp³-hybridized carbons (Fsp3) is 0.385. The molecule has 0 saturated carbocycles. The summed E-state index contributed by atoms with van der Waals surface area (Å²) in [6.07, 6.45) is 3.42. The Bertz CT molecular complexity index is 535. The summed E-state index contributed by atoms with van der Waals surface area (Å²) in [5.74, 6) is 0.354. The zero-order chi connectivity index (χ0) is 13.8. The second-order valence-electron chi connectivity index (χ2n) is 4.23. The van der Waals surface area contributed by atoms with Gasteiger partial charge in [0.15, 0.2) is 0 Å². The van der Waals surface area contributed by atoms with E-state index in [1.165, 1.54) is 6.07 Å². The first-order valence-corrected chi connectivity index (χ1v) is 7.28. The Morgan fingerprint density at radius 1 is 1.39 bits per heavy atom. The standard InChI is InChI=1S/C13H19NO3S/c1-4-5-6-7-17-13-11(3)8-10(2)9-12(13)18(14,15)16/h4,8-9H,1,5-7H2,2-3H3,(H2,14,15,16). The molecule has 0 aromatic heterocycles. The van der Waals surface area contributed by atoms with Crippen LogP contribution in [-0.2, 0) is 10.0 Å². The van der Waals surface area contributed by atoms with Crippen LogP contribution in [0.5, 0.6) is 5.75 Å². The molecule has 0 atom stereocenters. The first kappa shape index (κ1) is 14.7. The van der Waals surface area contributed by atoms with Crippen LogP contribution in [0.15, 0.2) is 29.7 Å². The SMILES string of the molecule is C=CCCCOc1c(C)cc(C)cc1S(N)(=O)=O. The van der Waals surface area contributed by atoms with Crippen molar-refractivity contribution in [3.05, 3.63) is 35.9 Å². The topological polar surface area (TPSA) is 69.4 Å². The molecule has 0 spiro atoms. The molecule has 0 amide bonds. The number of unbranched alkanes of at least 4 members (excludes halogenated alkanes) is 1. The Labute approximate surface area is 109 Å². The van der Waals surface area contributed by atoms with Crippen LogP contribution in [0, 0.1) is 13.8 Å². The maximum absolute atomic E-state index is 11.5. The van der Waals surface area contributed by atoms with Gasteiger partial charge in [0.05, 0.1) is 6.61 Å². The van der Waals surface area contributed by atoms with E-state index in [1.807, 2.05) is 19.9 Å². The van der Waals surface area contributed by atoms with Crippen molar-refractivity contribution in [2.45, 2.75) is 31.6 Å². The maximum atomic E-state index is 11.5. The highest BCUT2D eigenvalue weighted by Gasteiger charge is 2.17. The second kappa shape index (κ2) is 6.02. The molecule has 1 aromatic rings. The summed E-state index contributed by atoms with van der Waals surface area (Å²) in [5.41, 5.74) is 1.62. The average molecular weight is 269 g/mol. The van der Waals surface area contributed by atoms with Crippen LogP contribution >= 0.6 is 0 Å². The number of benzene rings is 1. The van der Waals surface area contributed by atoms with Crippen molar-refractivity contribution in [2.75, 3.05) is 6.61 Å². The van der Waals surface area contributed by atoms with Crippen molar-refractivity contribution in [2.24, 2.45) is 5.14 Å². The second-order valence-corrected chi connectivity index (χ2v) is 5.76. The van der Waals surface area contributed by atoms with Crippen molar-refractivity contribution in [1.29, 1.82) is 0 Å². The Hall–Kier alpha value is -1.33.